The van der Waals surface area contributed by atoms with Gasteiger partial charge in [-0.1, -0.05) is 0 Å². The predicted octanol–water partition coefficient (Wildman–Crippen LogP) is 1.11. The number of aryl methyl sites for hydroxylation is 1. The molecule has 3 heterocycles. The monoisotopic (exact) mass is 251 g/mol. The minimum absolute atomic E-state index is 0.152. The van der Waals surface area contributed by atoms with Gasteiger partial charge in [-0.15, -0.1) is 0 Å². The van der Waals surface area contributed by atoms with Crippen molar-refractivity contribution in [1.29, 1.82) is 0 Å². The van der Waals surface area contributed by atoms with Crippen molar-refractivity contribution in [2.75, 3.05) is 26.4 Å². The zero-order valence-corrected chi connectivity index (χ0v) is 10.9. The lowest BCUT2D eigenvalue weighted by Gasteiger charge is -2.45. The quantitative estimate of drug-likeness (QED) is 0.855. The van der Waals surface area contributed by atoms with Crippen LogP contribution in [0.15, 0.2) is 12.5 Å². The van der Waals surface area contributed by atoms with Crippen molar-refractivity contribution >= 4 is 0 Å². The summed E-state index contributed by atoms with van der Waals surface area (Å²) in [6, 6.07) is 0.152. The molecule has 0 saturated carbocycles. The maximum atomic E-state index is 6.08. The molecule has 2 unspecified atom stereocenters. The Morgan fingerprint density at radius 3 is 3.22 bits per heavy atom. The van der Waals surface area contributed by atoms with Crippen molar-refractivity contribution in [1.82, 2.24) is 14.9 Å². The van der Waals surface area contributed by atoms with Crippen LogP contribution in [-0.4, -0.2) is 41.5 Å². The Labute approximate surface area is 107 Å². The molecule has 18 heavy (non-hydrogen) atoms. The van der Waals surface area contributed by atoms with Gasteiger partial charge in [0.25, 0.3) is 0 Å². The van der Waals surface area contributed by atoms with Gasteiger partial charge in [0.2, 0.25) is 0 Å². The first kappa shape index (κ1) is 12.1. The van der Waals surface area contributed by atoms with Crippen molar-refractivity contribution in [2.45, 2.75) is 38.0 Å². The summed E-state index contributed by atoms with van der Waals surface area (Å²) >= 11 is 0. The van der Waals surface area contributed by atoms with Gasteiger partial charge in [-0.05, 0) is 19.8 Å². The Bertz CT molecular complexity index is 390. The highest BCUT2D eigenvalue weighted by Gasteiger charge is 2.45. The van der Waals surface area contributed by atoms with E-state index < -0.39 is 0 Å². The lowest BCUT2D eigenvalue weighted by atomic mass is 9.85. The fraction of sp³-hybridized carbons (Fsp3) is 0.769. The van der Waals surface area contributed by atoms with Gasteiger partial charge in [-0.2, -0.15) is 0 Å². The molecule has 2 fully saturated rings. The van der Waals surface area contributed by atoms with Gasteiger partial charge >= 0.3 is 0 Å². The summed E-state index contributed by atoms with van der Waals surface area (Å²) in [5.41, 5.74) is 0.853. The zero-order chi connectivity index (χ0) is 12.4. The topological polar surface area (TPSA) is 48.3 Å². The molecule has 2 aliphatic rings. The summed E-state index contributed by atoms with van der Waals surface area (Å²) < 4.78 is 13.8. The molecule has 0 bridgehead atoms. The van der Waals surface area contributed by atoms with Crippen molar-refractivity contribution < 1.29 is 9.47 Å². The Morgan fingerprint density at radius 2 is 2.50 bits per heavy atom. The molecule has 3 rings (SSSR count). The maximum absolute atomic E-state index is 6.08. The second-order valence-corrected chi connectivity index (χ2v) is 5.09. The van der Waals surface area contributed by atoms with Gasteiger partial charge in [0.1, 0.15) is 5.60 Å². The number of ether oxygens (including phenoxy) is 2. The maximum Gasteiger partial charge on any atom is 0.112 e. The van der Waals surface area contributed by atoms with Gasteiger partial charge < -0.3 is 19.4 Å². The fourth-order valence-corrected chi connectivity index (χ4v) is 2.93. The molecule has 1 N–H and O–H groups in total. The van der Waals surface area contributed by atoms with Gasteiger partial charge in [0, 0.05) is 25.9 Å². The number of aromatic nitrogens is 2. The number of hydrogen-bond acceptors (Lipinski definition) is 4. The van der Waals surface area contributed by atoms with E-state index in [1.807, 2.05) is 6.33 Å². The van der Waals surface area contributed by atoms with Crippen LogP contribution in [0.1, 0.15) is 31.5 Å². The molecule has 0 radical (unpaired) electrons. The van der Waals surface area contributed by atoms with Gasteiger partial charge in [-0.25, -0.2) is 4.98 Å². The predicted molar refractivity (Wildman–Crippen MR) is 67.4 cm³/mol. The van der Waals surface area contributed by atoms with E-state index in [2.05, 4.69) is 28.0 Å². The highest BCUT2D eigenvalue weighted by molar-refractivity contribution is 5.13. The molecule has 1 aromatic heterocycles. The van der Waals surface area contributed by atoms with Crippen LogP contribution in [0.5, 0.6) is 0 Å². The molecular weight excluding hydrogens is 230 g/mol. The van der Waals surface area contributed by atoms with E-state index in [4.69, 9.17) is 9.47 Å². The molecule has 5 heteroatoms. The number of morpholine rings is 1. The third kappa shape index (κ3) is 2.06. The first-order valence-corrected chi connectivity index (χ1v) is 6.81. The van der Waals surface area contributed by atoms with Crippen molar-refractivity contribution in [3.63, 3.8) is 0 Å². The van der Waals surface area contributed by atoms with E-state index in [9.17, 15) is 0 Å². The smallest absolute Gasteiger partial charge is 0.112 e. The molecule has 1 aromatic rings. The Morgan fingerprint density at radius 1 is 1.56 bits per heavy atom. The molecule has 100 valence electrons. The molecular formula is C13H21N3O2. The van der Waals surface area contributed by atoms with E-state index in [1.165, 1.54) is 0 Å². The normalized spacial score (nSPS) is 32.8. The van der Waals surface area contributed by atoms with Crippen LogP contribution in [0, 0.1) is 0 Å². The zero-order valence-electron chi connectivity index (χ0n) is 10.9. The average molecular weight is 251 g/mol. The summed E-state index contributed by atoms with van der Waals surface area (Å²) in [6.07, 6.45) is 6.11. The van der Waals surface area contributed by atoms with Crippen LogP contribution >= 0.6 is 0 Å². The summed E-state index contributed by atoms with van der Waals surface area (Å²) in [7, 11) is 0. The van der Waals surface area contributed by atoms with E-state index in [1.54, 1.807) is 0 Å². The molecule has 1 spiro atoms. The second-order valence-electron chi connectivity index (χ2n) is 5.09. The van der Waals surface area contributed by atoms with Crippen LogP contribution in [0.25, 0.3) is 0 Å². The van der Waals surface area contributed by atoms with Crippen LogP contribution < -0.4 is 5.32 Å². The molecule has 0 aliphatic carbocycles. The first-order chi connectivity index (χ1) is 8.84. The van der Waals surface area contributed by atoms with Gasteiger partial charge in [0.05, 0.1) is 31.3 Å². The number of rotatable bonds is 2. The van der Waals surface area contributed by atoms with E-state index in [0.717, 1.165) is 44.8 Å². The Hall–Kier alpha value is -0.910. The molecule has 2 aliphatic heterocycles. The number of nitrogens with zero attached hydrogens (tertiary/aromatic N) is 2. The van der Waals surface area contributed by atoms with Crippen molar-refractivity contribution in [3.8, 4) is 0 Å². The van der Waals surface area contributed by atoms with Crippen LogP contribution in [-0.2, 0) is 16.0 Å². The van der Waals surface area contributed by atoms with Crippen molar-refractivity contribution in [3.05, 3.63) is 18.2 Å². The third-order valence-corrected chi connectivity index (χ3v) is 3.92. The number of hydrogen-bond donors (Lipinski definition) is 1. The summed E-state index contributed by atoms with van der Waals surface area (Å²) in [5, 5.41) is 3.55. The lowest BCUT2D eigenvalue weighted by molar-refractivity contribution is -0.165. The van der Waals surface area contributed by atoms with Gasteiger partial charge in [-0.3, -0.25) is 0 Å². The minimum Gasteiger partial charge on any atom is -0.378 e. The van der Waals surface area contributed by atoms with Crippen LogP contribution in [0.2, 0.25) is 0 Å². The summed E-state index contributed by atoms with van der Waals surface area (Å²) in [6.45, 7) is 6.23. The summed E-state index contributed by atoms with van der Waals surface area (Å²) in [5.74, 6) is 0. The third-order valence-electron chi connectivity index (χ3n) is 3.92. The standard InChI is InChI=1S/C13H21N3O2/c1-2-16-8-11(15-10-16)12-13(18-7-5-14-12)4-3-6-17-9-13/h8,10,12,14H,2-7,9H2,1H3. The minimum atomic E-state index is -0.219. The largest absolute Gasteiger partial charge is 0.378 e. The molecule has 2 saturated heterocycles. The molecule has 0 amide bonds. The van der Waals surface area contributed by atoms with Crippen LogP contribution in [0.4, 0.5) is 0 Å². The average Bonchev–Trinajstić information content (AvgIpc) is 2.89. The van der Waals surface area contributed by atoms with E-state index in [0.29, 0.717) is 6.61 Å². The molecule has 0 aromatic carbocycles. The lowest BCUT2D eigenvalue weighted by Crippen LogP contribution is -2.56. The van der Waals surface area contributed by atoms with Gasteiger partial charge in [0.15, 0.2) is 0 Å². The highest BCUT2D eigenvalue weighted by Crippen LogP contribution is 2.37. The number of nitrogens with one attached hydrogen (secondary N) is 1. The van der Waals surface area contributed by atoms with Crippen LogP contribution in [0.3, 0.4) is 0 Å². The Balaban J connectivity index is 1.86. The second kappa shape index (κ2) is 4.99. The van der Waals surface area contributed by atoms with Crippen molar-refractivity contribution in [2.24, 2.45) is 0 Å². The number of imidazole rings is 1. The summed E-state index contributed by atoms with van der Waals surface area (Å²) in [4.78, 5) is 4.53. The first-order valence-electron chi connectivity index (χ1n) is 6.81. The Kier molecular flexibility index (Phi) is 3.37. The fourth-order valence-electron chi connectivity index (χ4n) is 2.93. The molecule has 5 nitrogen and oxygen atoms in total. The van der Waals surface area contributed by atoms with E-state index >= 15 is 0 Å². The van der Waals surface area contributed by atoms with E-state index in [-0.39, 0.29) is 11.6 Å². The molecule has 2 atom stereocenters. The SMILES string of the molecule is CCn1cnc(C2NCCOC23CCCOC3)c1. The highest BCUT2D eigenvalue weighted by atomic mass is 16.5.